The predicted octanol–water partition coefficient (Wildman–Crippen LogP) is 6.42. The average molecular weight is 470 g/mol. The SMILES string of the molecule is Cc1ccc(-c2cc3cc(C(=O)Nc4ccc(C[N+](C)(C)C5CCOCC5)cc4)ccc3o2)cc1. The lowest BCUT2D eigenvalue weighted by molar-refractivity contribution is -0.929. The van der Waals surface area contributed by atoms with Crippen LogP contribution in [0.3, 0.4) is 0 Å². The van der Waals surface area contributed by atoms with E-state index in [0.29, 0.717) is 11.6 Å². The van der Waals surface area contributed by atoms with E-state index in [1.54, 1.807) is 0 Å². The van der Waals surface area contributed by atoms with E-state index in [1.165, 1.54) is 11.1 Å². The Morgan fingerprint density at radius 3 is 2.37 bits per heavy atom. The lowest BCUT2D eigenvalue weighted by Gasteiger charge is -2.40. The predicted molar refractivity (Wildman–Crippen MR) is 140 cm³/mol. The molecule has 1 aromatic heterocycles. The number of benzene rings is 3. The zero-order valence-corrected chi connectivity index (χ0v) is 20.7. The van der Waals surface area contributed by atoms with E-state index in [2.05, 4.69) is 50.6 Å². The monoisotopic (exact) mass is 469 g/mol. The van der Waals surface area contributed by atoms with Crippen LogP contribution in [-0.2, 0) is 11.3 Å². The van der Waals surface area contributed by atoms with Crippen molar-refractivity contribution in [1.82, 2.24) is 0 Å². The van der Waals surface area contributed by atoms with Gasteiger partial charge in [-0.1, -0.05) is 42.0 Å². The fraction of sp³-hybridized carbons (Fsp3) is 0.300. The summed E-state index contributed by atoms with van der Waals surface area (Å²) in [5.41, 5.74) is 5.67. The highest BCUT2D eigenvalue weighted by molar-refractivity contribution is 6.06. The number of rotatable bonds is 6. The van der Waals surface area contributed by atoms with E-state index in [4.69, 9.17) is 9.15 Å². The van der Waals surface area contributed by atoms with Crippen molar-refractivity contribution >= 4 is 22.6 Å². The normalized spacial score (nSPS) is 14.8. The minimum Gasteiger partial charge on any atom is -0.456 e. The molecule has 5 nitrogen and oxygen atoms in total. The Morgan fingerprint density at radius 2 is 1.66 bits per heavy atom. The maximum absolute atomic E-state index is 12.9. The van der Waals surface area contributed by atoms with Gasteiger partial charge in [0.05, 0.1) is 33.4 Å². The molecule has 4 aromatic rings. The molecule has 5 rings (SSSR count). The number of aryl methyl sites for hydroxylation is 1. The van der Waals surface area contributed by atoms with E-state index < -0.39 is 0 Å². The third kappa shape index (κ3) is 5.31. The number of hydrogen-bond donors (Lipinski definition) is 1. The molecule has 5 heteroatoms. The Kier molecular flexibility index (Phi) is 6.46. The van der Waals surface area contributed by atoms with Gasteiger partial charge in [-0.05, 0) is 43.3 Å². The van der Waals surface area contributed by atoms with E-state index in [1.807, 2.05) is 48.5 Å². The molecular formula is C30H33N2O3+. The molecule has 2 heterocycles. The highest BCUT2D eigenvalue weighted by atomic mass is 16.5. The van der Waals surface area contributed by atoms with Crippen LogP contribution in [-0.4, -0.2) is 43.7 Å². The number of ether oxygens (including phenoxy) is 1. The van der Waals surface area contributed by atoms with Crippen molar-refractivity contribution in [2.45, 2.75) is 32.4 Å². The molecule has 1 aliphatic rings. The highest BCUT2D eigenvalue weighted by Crippen LogP contribution is 2.29. The smallest absolute Gasteiger partial charge is 0.255 e. The van der Waals surface area contributed by atoms with E-state index in [0.717, 1.165) is 65.1 Å². The van der Waals surface area contributed by atoms with Gasteiger partial charge in [0.1, 0.15) is 17.9 Å². The van der Waals surface area contributed by atoms with Gasteiger partial charge in [0.2, 0.25) is 0 Å². The summed E-state index contributed by atoms with van der Waals surface area (Å²) in [7, 11) is 4.59. The van der Waals surface area contributed by atoms with Gasteiger partial charge < -0.3 is 19.0 Å². The first-order chi connectivity index (χ1) is 16.9. The van der Waals surface area contributed by atoms with Crippen molar-refractivity contribution in [3.8, 4) is 11.3 Å². The average Bonchev–Trinajstić information content (AvgIpc) is 3.29. The molecule has 1 saturated heterocycles. The molecule has 1 aliphatic heterocycles. The van der Waals surface area contributed by atoms with Crippen LogP contribution >= 0.6 is 0 Å². The maximum atomic E-state index is 12.9. The number of hydrogen-bond acceptors (Lipinski definition) is 3. The molecule has 0 radical (unpaired) electrons. The fourth-order valence-corrected chi connectivity index (χ4v) is 4.93. The minimum absolute atomic E-state index is 0.129. The molecule has 0 saturated carbocycles. The molecule has 1 fully saturated rings. The highest BCUT2D eigenvalue weighted by Gasteiger charge is 2.30. The Labute approximate surface area is 206 Å². The van der Waals surface area contributed by atoms with Crippen molar-refractivity contribution in [3.63, 3.8) is 0 Å². The third-order valence-corrected chi connectivity index (χ3v) is 7.10. The first-order valence-electron chi connectivity index (χ1n) is 12.3. The van der Waals surface area contributed by atoms with Crippen molar-refractivity contribution in [1.29, 1.82) is 0 Å². The zero-order chi connectivity index (χ0) is 24.4. The van der Waals surface area contributed by atoms with Crippen LogP contribution < -0.4 is 5.32 Å². The molecule has 1 amide bonds. The minimum atomic E-state index is -0.129. The van der Waals surface area contributed by atoms with Crippen molar-refractivity contribution in [2.75, 3.05) is 32.6 Å². The van der Waals surface area contributed by atoms with Crippen LogP contribution in [0.2, 0.25) is 0 Å². The van der Waals surface area contributed by atoms with Crippen LogP contribution in [0.15, 0.2) is 77.2 Å². The molecule has 0 bridgehead atoms. The summed E-state index contributed by atoms with van der Waals surface area (Å²) in [6.45, 7) is 4.73. The first-order valence-corrected chi connectivity index (χ1v) is 12.3. The lowest BCUT2D eigenvalue weighted by Crippen LogP contribution is -2.50. The quantitative estimate of drug-likeness (QED) is 0.332. The van der Waals surface area contributed by atoms with E-state index in [-0.39, 0.29) is 5.91 Å². The van der Waals surface area contributed by atoms with Gasteiger partial charge in [-0.15, -0.1) is 0 Å². The summed E-state index contributed by atoms with van der Waals surface area (Å²) in [5, 5.41) is 3.94. The molecular weight excluding hydrogens is 436 g/mol. The number of nitrogens with one attached hydrogen (secondary N) is 1. The molecule has 0 unspecified atom stereocenters. The Morgan fingerprint density at radius 1 is 0.943 bits per heavy atom. The summed E-state index contributed by atoms with van der Waals surface area (Å²) < 4.78 is 12.5. The summed E-state index contributed by atoms with van der Waals surface area (Å²) in [5.74, 6) is 0.672. The molecule has 0 spiro atoms. The molecule has 0 atom stereocenters. The van der Waals surface area contributed by atoms with Crippen LogP contribution in [0, 0.1) is 6.92 Å². The second kappa shape index (κ2) is 9.68. The summed E-state index contributed by atoms with van der Waals surface area (Å²) in [6.07, 6.45) is 2.21. The molecule has 180 valence electrons. The first kappa shape index (κ1) is 23.3. The van der Waals surface area contributed by atoms with Gasteiger partial charge in [0, 0.05) is 40.6 Å². The largest absolute Gasteiger partial charge is 0.456 e. The number of nitrogens with zero attached hydrogens (tertiary/aromatic N) is 1. The summed E-state index contributed by atoms with van der Waals surface area (Å²) in [6, 6.07) is 24.6. The molecule has 3 aromatic carbocycles. The number of anilines is 1. The van der Waals surface area contributed by atoms with Crippen LogP contribution in [0.5, 0.6) is 0 Å². The molecule has 35 heavy (non-hydrogen) atoms. The van der Waals surface area contributed by atoms with E-state index in [9.17, 15) is 4.79 Å². The van der Waals surface area contributed by atoms with Crippen molar-refractivity contribution < 1.29 is 18.4 Å². The number of carbonyl (C=O) groups is 1. The van der Waals surface area contributed by atoms with Gasteiger partial charge in [-0.2, -0.15) is 0 Å². The Bertz CT molecular complexity index is 1310. The number of carbonyl (C=O) groups excluding carboxylic acids is 1. The lowest BCUT2D eigenvalue weighted by atomic mass is 10.0. The standard InChI is InChI=1S/C30H32N2O3/c1-21-4-8-23(9-5-21)29-19-25-18-24(10-13-28(25)35-29)30(33)31-26-11-6-22(7-12-26)20-32(2,3)27-14-16-34-17-15-27/h4-13,18-19,27H,14-17,20H2,1-3H3/p+1. The second-order valence-electron chi connectivity index (χ2n) is 10.2. The maximum Gasteiger partial charge on any atom is 0.255 e. The summed E-state index contributed by atoms with van der Waals surface area (Å²) in [4.78, 5) is 12.9. The van der Waals surface area contributed by atoms with Gasteiger partial charge in [-0.25, -0.2) is 0 Å². The Hall–Kier alpha value is -3.41. The van der Waals surface area contributed by atoms with Crippen molar-refractivity contribution in [2.24, 2.45) is 0 Å². The topological polar surface area (TPSA) is 51.5 Å². The zero-order valence-electron chi connectivity index (χ0n) is 20.7. The van der Waals surface area contributed by atoms with Gasteiger partial charge in [-0.3, -0.25) is 4.79 Å². The van der Waals surface area contributed by atoms with Gasteiger partial charge in [0.25, 0.3) is 5.91 Å². The van der Waals surface area contributed by atoms with E-state index >= 15 is 0 Å². The number of fused-ring (bicyclic) bond motifs is 1. The Balaban J connectivity index is 1.26. The molecule has 1 N–H and O–H groups in total. The summed E-state index contributed by atoms with van der Waals surface area (Å²) >= 11 is 0. The van der Waals surface area contributed by atoms with Gasteiger partial charge >= 0.3 is 0 Å². The number of amides is 1. The number of quaternary nitrogens is 1. The third-order valence-electron chi connectivity index (χ3n) is 7.10. The number of furan rings is 1. The second-order valence-corrected chi connectivity index (χ2v) is 10.2. The molecule has 0 aliphatic carbocycles. The van der Waals surface area contributed by atoms with Gasteiger partial charge in [0.15, 0.2) is 0 Å². The van der Waals surface area contributed by atoms with Crippen LogP contribution in [0.1, 0.15) is 34.3 Å². The van der Waals surface area contributed by atoms with Crippen molar-refractivity contribution in [3.05, 3.63) is 89.5 Å². The van der Waals surface area contributed by atoms with Crippen LogP contribution in [0.4, 0.5) is 5.69 Å². The fourth-order valence-electron chi connectivity index (χ4n) is 4.93. The van der Waals surface area contributed by atoms with Crippen LogP contribution in [0.25, 0.3) is 22.3 Å².